The summed E-state index contributed by atoms with van der Waals surface area (Å²) in [5.74, 6) is 2.01. The van der Waals surface area contributed by atoms with E-state index in [9.17, 15) is 0 Å². The number of rotatable bonds is 4. The van der Waals surface area contributed by atoms with Gasteiger partial charge >= 0.3 is 0 Å². The van der Waals surface area contributed by atoms with Gasteiger partial charge in [-0.25, -0.2) is 15.0 Å². The van der Waals surface area contributed by atoms with Crippen LogP contribution in [0.2, 0.25) is 0 Å². The zero-order chi connectivity index (χ0) is 33.5. The Hall–Kier alpha value is -6.21. The lowest BCUT2D eigenvalue weighted by Gasteiger charge is -2.11. The molecule has 0 N–H and O–H groups in total. The van der Waals surface area contributed by atoms with Gasteiger partial charge in [0, 0.05) is 73.5 Å². The van der Waals surface area contributed by atoms with Gasteiger partial charge in [0.1, 0.15) is 0 Å². The molecule has 11 rings (SSSR count). The largest absolute Gasteiger partial charge is 0.309 e. The van der Waals surface area contributed by atoms with Gasteiger partial charge in [-0.2, -0.15) is 0 Å². The Morgan fingerprint density at radius 2 is 0.980 bits per heavy atom. The first-order valence-corrected chi connectivity index (χ1v) is 18.6. The Balaban J connectivity index is 1.17. The number of thiophene rings is 2. The zero-order valence-electron chi connectivity index (χ0n) is 27.1. The molecule has 0 saturated heterocycles. The van der Waals surface area contributed by atoms with Crippen molar-refractivity contribution in [2.24, 2.45) is 0 Å². The molecule has 51 heavy (non-hydrogen) atoms. The standard InChI is InChI=1S/C45H26N4S2/c1-2-12-27(13-3-1)43-46-44(48-45(47-43)34-19-10-17-32-31-16-6-9-22-38(31)51-42(32)34)33-18-11-23-40-41(33)35-26-28(24-25-39(35)50-40)49-36-20-7-4-14-29(36)30-15-5-8-21-37(30)49/h1-26H. The summed E-state index contributed by atoms with van der Waals surface area (Å²) < 4.78 is 7.26. The number of hydrogen-bond acceptors (Lipinski definition) is 5. The van der Waals surface area contributed by atoms with Gasteiger partial charge in [0.15, 0.2) is 17.5 Å². The molecule has 0 bridgehead atoms. The van der Waals surface area contributed by atoms with Crippen molar-refractivity contribution in [2.75, 3.05) is 0 Å². The summed E-state index contributed by atoms with van der Waals surface area (Å²) in [6.07, 6.45) is 0. The molecule has 0 fully saturated rings. The van der Waals surface area contributed by atoms with Crippen LogP contribution in [0.4, 0.5) is 0 Å². The molecule has 0 atom stereocenters. The lowest BCUT2D eigenvalue weighted by atomic mass is 10.0. The molecule has 4 nitrogen and oxygen atoms in total. The molecule has 4 aromatic heterocycles. The Bertz CT molecular complexity index is 3100. The molecule has 0 aliphatic heterocycles. The second kappa shape index (κ2) is 11.2. The number of nitrogens with zero attached hydrogens (tertiary/aromatic N) is 4. The highest BCUT2D eigenvalue weighted by Gasteiger charge is 2.20. The molecular formula is C45H26N4S2. The van der Waals surface area contributed by atoms with Gasteiger partial charge in [-0.1, -0.05) is 109 Å². The second-order valence-electron chi connectivity index (χ2n) is 12.8. The summed E-state index contributed by atoms with van der Waals surface area (Å²) in [6, 6.07) is 56.0. The summed E-state index contributed by atoms with van der Waals surface area (Å²) in [6.45, 7) is 0. The first kappa shape index (κ1) is 28.6. The van der Waals surface area contributed by atoms with E-state index in [0.717, 1.165) is 27.8 Å². The van der Waals surface area contributed by atoms with Crippen LogP contribution >= 0.6 is 22.7 Å². The molecule has 6 heteroatoms. The van der Waals surface area contributed by atoms with E-state index in [0.29, 0.717) is 17.5 Å². The van der Waals surface area contributed by atoms with E-state index in [-0.39, 0.29) is 0 Å². The summed E-state index contributed by atoms with van der Waals surface area (Å²) in [7, 11) is 0. The average molecular weight is 687 g/mol. The predicted octanol–water partition coefficient (Wildman–Crippen LogP) is 12.7. The van der Waals surface area contributed by atoms with E-state index in [1.165, 1.54) is 56.8 Å². The number of para-hydroxylation sites is 2. The van der Waals surface area contributed by atoms with E-state index in [4.69, 9.17) is 15.0 Å². The van der Waals surface area contributed by atoms with Crippen LogP contribution in [0.5, 0.6) is 0 Å². The molecule has 238 valence electrons. The number of benzene rings is 7. The van der Waals surface area contributed by atoms with Gasteiger partial charge in [0.25, 0.3) is 0 Å². The Labute approximate surface area is 300 Å². The van der Waals surface area contributed by atoms with Crippen molar-refractivity contribution < 1.29 is 0 Å². The fourth-order valence-electron chi connectivity index (χ4n) is 7.60. The molecule has 0 spiro atoms. The van der Waals surface area contributed by atoms with Gasteiger partial charge in [0.2, 0.25) is 0 Å². The first-order chi connectivity index (χ1) is 25.3. The van der Waals surface area contributed by atoms with E-state index in [2.05, 4.69) is 144 Å². The maximum atomic E-state index is 5.29. The van der Waals surface area contributed by atoms with Crippen LogP contribution in [0.25, 0.3) is 102 Å². The lowest BCUT2D eigenvalue weighted by molar-refractivity contribution is 1.08. The van der Waals surface area contributed by atoms with Crippen LogP contribution in [0.15, 0.2) is 158 Å². The van der Waals surface area contributed by atoms with Crippen LogP contribution in [-0.4, -0.2) is 19.5 Å². The number of aromatic nitrogens is 4. The molecule has 4 heterocycles. The SMILES string of the molecule is c1ccc(-c2nc(-c3cccc4c3sc3ccccc34)nc(-c3cccc4sc5ccc(-n6c7ccccc7c7ccccc76)cc5c34)n2)cc1. The molecule has 0 saturated carbocycles. The van der Waals surface area contributed by atoms with Crippen LogP contribution < -0.4 is 0 Å². The van der Waals surface area contributed by atoms with Crippen LogP contribution in [0, 0.1) is 0 Å². The van der Waals surface area contributed by atoms with Gasteiger partial charge in [-0.15, -0.1) is 22.7 Å². The highest BCUT2D eigenvalue weighted by atomic mass is 32.1. The summed E-state index contributed by atoms with van der Waals surface area (Å²) in [4.78, 5) is 15.6. The third-order valence-corrected chi connectivity index (χ3v) is 12.2. The molecule has 0 aliphatic rings. The summed E-state index contributed by atoms with van der Waals surface area (Å²) in [5, 5.41) is 7.34. The van der Waals surface area contributed by atoms with Gasteiger partial charge in [-0.05, 0) is 48.5 Å². The molecule has 11 aromatic rings. The molecule has 0 aliphatic carbocycles. The van der Waals surface area contributed by atoms with E-state index < -0.39 is 0 Å². The summed E-state index contributed by atoms with van der Waals surface area (Å²) in [5.41, 5.74) is 6.51. The van der Waals surface area contributed by atoms with Crippen LogP contribution in [0.1, 0.15) is 0 Å². The number of hydrogen-bond donors (Lipinski definition) is 0. The van der Waals surface area contributed by atoms with E-state index >= 15 is 0 Å². The molecule has 0 radical (unpaired) electrons. The zero-order valence-corrected chi connectivity index (χ0v) is 28.7. The molecular weight excluding hydrogens is 661 g/mol. The van der Waals surface area contributed by atoms with Gasteiger partial charge in [-0.3, -0.25) is 0 Å². The van der Waals surface area contributed by atoms with Crippen LogP contribution in [-0.2, 0) is 0 Å². The third kappa shape index (κ3) is 4.40. The maximum absolute atomic E-state index is 5.29. The minimum Gasteiger partial charge on any atom is -0.309 e. The lowest BCUT2D eigenvalue weighted by Crippen LogP contribution is -2.00. The van der Waals surface area contributed by atoms with Crippen molar-refractivity contribution in [3.63, 3.8) is 0 Å². The highest BCUT2D eigenvalue weighted by molar-refractivity contribution is 7.26. The van der Waals surface area contributed by atoms with Crippen LogP contribution in [0.3, 0.4) is 0 Å². The van der Waals surface area contributed by atoms with Crippen molar-refractivity contribution in [1.29, 1.82) is 0 Å². The Kier molecular flexibility index (Phi) is 6.26. The van der Waals surface area contributed by atoms with E-state index in [1.54, 1.807) is 11.3 Å². The average Bonchev–Trinajstić information content (AvgIpc) is 3.87. The summed E-state index contributed by atoms with van der Waals surface area (Å²) >= 11 is 3.60. The Morgan fingerprint density at radius 3 is 1.78 bits per heavy atom. The van der Waals surface area contributed by atoms with E-state index in [1.807, 2.05) is 29.5 Å². The minimum atomic E-state index is 0.663. The fraction of sp³-hybridized carbons (Fsp3) is 0. The number of fused-ring (bicyclic) bond motifs is 9. The fourth-order valence-corrected chi connectivity index (χ4v) is 9.92. The van der Waals surface area contributed by atoms with Crippen molar-refractivity contribution >= 4 is 84.8 Å². The van der Waals surface area contributed by atoms with Crippen molar-refractivity contribution in [3.8, 4) is 39.9 Å². The highest BCUT2D eigenvalue weighted by Crippen LogP contribution is 2.43. The molecule has 0 amide bonds. The Morgan fingerprint density at radius 1 is 0.392 bits per heavy atom. The predicted molar refractivity (Wildman–Crippen MR) is 216 cm³/mol. The molecule has 7 aromatic carbocycles. The van der Waals surface area contributed by atoms with Crippen molar-refractivity contribution in [1.82, 2.24) is 19.5 Å². The van der Waals surface area contributed by atoms with Crippen molar-refractivity contribution in [2.45, 2.75) is 0 Å². The monoisotopic (exact) mass is 686 g/mol. The quantitative estimate of drug-likeness (QED) is 0.185. The first-order valence-electron chi connectivity index (χ1n) is 16.9. The maximum Gasteiger partial charge on any atom is 0.165 e. The topological polar surface area (TPSA) is 43.6 Å². The minimum absolute atomic E-state index is 0.663. The third-order valence-electron chi connectivity index (χ3n) is 9.87. The normalized spacial score (nSPS) is 11.9. The molecule has 0 unspecified atom stereocenters. The van der Waals surface area contributed by atoms with Gasteiger partial charge < -0.3 is 4.57 Å². The smallest absolute Gasteiger partial charge is 0.165 e. The van der Waals surface area contributed by atoms with Crippen molar-refractivity contribution in [3.05, 3.63) is 158 Å². The second-order valence-corrected chi connectivity index (χ2v) is 14.9. The van der Waals surface area contributed by atoms with Gasteiger partial charge in [0.05, 0.1) is 11.0 Å².